The number of carbonyl (C=O) groups excluding carboxylic acids is 1. The molecule has 3 nitrogen and oxygen atoms in total. The SMILES string of the molecule is Cc1ccc(N(CCCN(C)C(C)(C)C(C)C)C(=O)C2CC2)cc1. The van der Waals surface area contributed by atoms with Gasteiger partial charge in [-0.05, 0) is 65.1 Å². The summed E-state index contributed by atoms with van der Waals surface area (Å²) in [6.07, 6.45) is 3.11. The standard InChI is InChI=1S/C21H34N2O/c1-16(2)21(4,5)22(6)14-7-15-23(20(24)18-10-11-18)19-12-8-17(3)9-13-19/h8-9,12-13,16,18H,7,10-11,14-15H2,1-6H3. The Balaban J connectivity index is 1.99. The minimum atomic E-state index is 0.176. The molecule has 1 aromatic rings. The summed E-state index contributed by atoms with van der Waals surface area (Å²) >= 11 is 0. The largest absolute Gasteiger partial charge is 0.312 e. The van der Waals surface area contributed by atoms with E-state index in [1.54, 1.807) is 0 Å². The maximum Gasteiger partial charge on any atom is 0.230 e. The monoisotopic (exact) mass is 330 g/mol. The van der Waals surface area contributed by atoms with Crippen LogP contribution in [0.25, 0.3) is 0 Å². The van der Waals surface area contributed by atoms with Crippen molar-refractivity contribution in [1.29, 1.82) is 0 Å². The van der Waals surface area contributed by atoms with Crippen LogP contribution >= 0.6 is 0 Å². The van der Waals surface area contributed by atoms with Crippen LogP contribution in [0.5, 0.6) is 0 Å². The third-order valence-electron chi connectivity index (χ3n) is 5.81. The van der Waals surface area contributed by atoms with Crippen molar-refractivity contribution in [2.45, 2.75) is 59.4 Å². The molecule has 0 unspecified atom stereocenters. The van der Waals surface area contributed by atoms with E-state index in [0.29, 0.717) is 11.8 Å². The highest BCUT2D eigenvalue weighted by Gasteiger charge is 2.34. The van der Waals surface area contributed by atoms with Gasteiger partial charge in [0.05, 0.1) is 0 Å². The number of rotatable bonds is 8. The molecule has 1 fully saturated rings. The summed E-state index contributed by atoms with van der Waals surface area (Å²) < 4.78 is 0. The molecule has 1 amide bonds. The number of nitrogens with zero attached hydrogens (tertiary/aromatic N) is 2. The molecule has 24 heavy (non-hydrogen) atoms. The molecule has 0 heterocycles. The van der Waals surface area contributed by atoms with Crippen LogP contribution in [-0.4, -0.2) is 36.5 Å². The Bertz CT molecular complexity index is 543. The van der Waals surface area contributed by atoms with Crippen LogP contribution in [0.15, 0.2) is 24.3 Å². The molecule has 1 aliphatic rings. The van der Waals surface area contributed by atoms with Gasteiger partial charge in [0, 0.05) is 30.2 Å². The van der Waals surface area contributed by atoms with Gasteiger partial charge in [-0.1, -0.05) is 31.5 Å². The van der Waals surface area contributed by atoms with Gasteiger partial charge in [-0.2, -0.15) is 0 Å². The summed E-state index contributed by atoms with van der Waals surface area (Å²) in [4.78, 5) is 17.1. The summed E-state index contributed by atoms with van der Waals surface area (Å²) in [5.41, 5.74) is 2.45. The summed E-state index contributed by atoms with van der Waals surface area (Å²) in [5, 5.41) is 0. The summed E-state index contributed by atoms with van der Waals surface area (Å²) in [7, 11) is 2.19. The second-order valence-electron chi connectivity index (χ2n) is 8.18. The fraction of sp³-hybridized carbons (Fsp3) is 0.667. The molecule has 1 aromatic carbocycles. The first-order chi connectivity index (χ1) is 11.2. The number of amides is 1. The molecular weight excluding hydrogens is 296 g/mol. The number of hydrogen-bond donors (Lipinski definition) is 0. The van der Waals surface area contributed by atoms with Gasteiger partial charge in [0.25, 0.3) is 0 Å². The molecule has 0 N–H and O–H groups in total. The minimum absolute atomic E-state index is 0.176. The summed E-state index contributed by atoms with van der Waals surface area (Å²) in [6.45, 7) is 13.0. The second kappa shape index (κ2) is 7.69. The third kappa shape index (κ3) is 4.60. The first-order valence-corrected chi connectivity index (χ1v) is 9.32. The van der Waals surface area contributed by atoms with Crippen molar-refractivity contribution in [3.8, 4) is 0 Å². The van der Waals surface area contributed by atoms with Gasteiger partial charge in [-0.3, -0.25) is 4.79 Å². The molecule has 0 radical (unpaired) electrons. The Morgan fingerprint density at radius 1 is 1.17 bits per heavy atom. The van der Waals surface area contributed by atoms with Gasteiger partial charge in [0.15, 0.2) is 0 Å². The van der Waals surface area contributed by atoms with E-state index in [1.165, 1.54) is 5.56 Å². The molecule has 3 heteroatoms. The van der Waals surface area contributed by atoms with Gasteiger partial charge >= 0.3 is 0 Å². The lowest BCUT2D eigenvalue weighted by molar-refractivity contribution is -0.119. The Morgan fingerprint density at radius 3 is 2.25 bits per heavy atom. The van der Waals surface area contributed by atoms with E-state index < -0.39 is 0 Å². The zero-order valence-corrected chi connectivity index (χ0v) is 16.3. The predicted octanol–water partition coefficient (Wildman–Crippen LogP) is 4.49. The molecule has 1 saturated carbocycles. The van der Waals surface area contributed by atoms with E-state index in [4.69, 9.17) is 0 Å². The molecule has 0 bridgehead atoms. The van der Waals surface area contributed by atoms with Gasteiger partial charge in [-0.15, -0.1) is 0 Å². The minimum Gasteiger partial charge on any atom is -0.312 e. The van der Waals surface area contributed by atoms with Crippen LogP contribution in [0.4, 0.5) is 5.69 Å². The Kier molecular flexibility index (Phi) is 6.08. The van der Waals surface area contributed by atoms with E-state index in [-0.39, 0.29) is 11.5 Å². The Labute approximate surface area is 148 Å². The van der Waals surface area contributed by atoms with Gasteiger partial charge in [0.2, 0.25) is 5.91 Å². The topological polar surface area (TPSA) is 23.6 Å². The smallest absolute Gasteiger partial charge is 0.230 e. The zero-order chi connectivity index (χ0) is 17.9. The van der Waals surface area contributed by atoms with Crippen molar-refractivity contribution in [2.75, 3.05) is 25.0 Å². The van der Waals surface area contributed by atoms with Crippen molar-refractivity contribution in [3.05, 3.63) is 29.8 Å². The zero-order valence-electron chi connectivity index (χ0n) is 16.3. The van der Waals surface area contributed by atoms with Gasteiger partial charge in [-0.25, -0.2) is 0 Å². The number of carbonyl (C=O) groups is 1. The summed E-state index contributed by atoms with van der Waals surface area (Å²) in [6, 6.07) is 8.35. The first-order valence-electron chi connectivity index (χ1n) is 9.32. The molecule has 2 rings (SSSR count). The molecule has 0 atom stereocenters. The van der Waals surface area contributed by atoms with E-state index in [0.717, 1.165) is 38.0 Å². The highest BCUT2D eigenvalue weighted by atomic mass is 16.2. The van der Waals surface area contributed by atoms with E-state index in [1.807, 2.05) is 4.90 Å². The second-order valence-corrected chi connectivity index (χ2v) is 8.18. The molecule has 0 spiro atoms. The lowest BCUT2D eigenvalue weighted by atomic mass is 9.89. The van der Waals surface area contributed by atoms with Crippen LogP contribution in [0.3, 0.4) is 0 Å². The molecule has 134 valence electrons. The molecule has 0 saturated heterocycles. The molecule has 0 aliphatic heterocycles. The van der Waals surface area contributed by atoms with Crippen molar-refractivity contribution in [3.63, 3.8) is 0 Å². The van der Waals surface area contributed by atoms with Crippen LogP contribution < -0.4 is 4.90 Å². The fourth-order valence-electron chi connectivity index (χ4n) is 2.84. The highest BCUT2D eigenvalue weighted by Crippen LogP contribution is 2.33. The first kappa shape index (κ1) is 19.0. The van der Waals surface area contributed by atoms with Gasteiger partial charge < -0.3 is 9.80 Å². The number of hydrogen-bond acceptors (Lipinski definition) is 2. The molecule has 0 aromatic heterocycles. The number of anilines is 1. The van der Waals surface area contributed by atoms with Crippen molar-refractivity contribution >= 4 is 11.6 Å². The third-order valence-corrected chi connectivity index (χ3v) is 5.81. The highest BCUT2D eigenvalue weighted by molar-refractivity contribution is 5.96. The van der Waals surface area contributed by atoms with Crippen molar-refractivity contribution in [2.24, 2.45) is 11.8 Å². The molecular formula is C21H34N2O. The average Bonchev–Trinajstić information content (AvgIpc) is 3.36. The maximum atomic E-state index is 12.7. The normalized spacial score (nSPS) is 15.2. The van der Waals surface area contributed by atoms with E-state index in [9.17, 15) is 4.79 Å². The van der Waals surface area contributed by atoms with Crippen LogP contribution in [0.1, 0.15) is 52.5 Å². The lowest BCUT2D eigenvalue weighted by Crippen LogP contribution is -2.46. The van der Waals surface area contributed by atoms with Crippen molar-refractivity contribution < 1.29 is 4.79 Å². The van der Waals surface area contributed by atoms with E-state index >= 15 is 0 Å². The lowest BCUT2D eigenvalue weighted by Gasteiger charge is -2.39. The number of aryl methyl sites for hydroxylation is 1. The van der Waals surface area contributed by atoms with Crippen LogP contribution in [-0.2, 0) is 4.79 Å². The fourth-order valence-corrected chi connectivity index (χ4v) is 2.84. The Hall–Kier alpha value is -1.35. The van der Waals surface area contributed by atoms with E-state index in [2.05, 4.69) is 70.8 Å². The van der Waals surface area contributed by atoms with Gasteiger partial charge in [0.1, 0.15) is 0 Å². The predicted molar refractivity (Wildman–Crippen MR) is 102 cm³/mol. The Morgan fingerprint density at radius 2 is 1.75 bits per heavy atom. The summed E-state index contributed by atoms with van der Waals surface area (Å²) in [5.74, 6) is 1.17. The number of benzene rings is 1. The molecule has 1 aliphatic carbocycles. The average molecular weight is 331 g/mol. The van der Waals surface area contributed by atoms with Crippen LogP contribution in [0, 0.1) is 18.8 Å². The van der Waals surface area contributed by atoms with Crippen molar-refractivity contribution in [1.82, 2.24) is 4.90 Å². The van der Waals surface area contributed by atoms with Crippen LogP contribution in [0.2, 0.25) is 0 Å². The quantitative estimate of drug-likeness (QED) is 0.701. The maximum absolute atomic E-state index is 12.7.